The number of aromatic nitrogens is 1. The number of ether oxygens (including phenoxy) is 2. The summed E-state index contributed by atoms with van der Waals surface area (Å²) in [7, 11) is 0. The Morgan fingerprint density at radius 3 is 2.10 bits per heavy atom. The molecule has 3 rings (SSSR count). The highest BCUT2D eigenvalue weighted by Crippen LogP contribution is 2.28. The summed E-state index contributed by atoms with van der Waals surface area (Å²) < 4.78 is 11.0. The third-order valence-corrected chi connectivity index (χ3v) is 3.84. The highest BCUT2D eigenvalue weighted by molar-refractivity contribution is 5.84. The largest absolute Gasteiger partial charge is 0.457 e. The van der Waals surface area contributed by atoms with Gasteiger partial charge in [-0.3, -0.25) is 15.4 Å². The molecular weight excluding hydrogens is 400 g/mol. The van der Waals surface area contributed by atoms with Gasteiger partial charge in [0.05, 0.1) is 4.92 Å². The SMILES string of the molecule is CC(C)(C)OC(=O)Nc1ccc(Oc2ccc(Nc3ncccc3[N+](=O)[O-])cc2)cc1. The molecule has 0 atom stereocenters. The van der Waals surface area contributed by atoms with Crippen LogP contribution in [0.4, 0.5) is 27.7 Å². The van der Waals surface area contributed by atoms with Gasteiger partial charge in [-0.05, 0) is 75.4 Å². The minimum Gasteiger partial charge on any atom is -0.457 e. The fourth-order valence-corrected chi connectivity index (χ4v) is 2.55. The van der Waals surface area contributed by atoms with Crippen LogP contribution in [0, 0.1) is 10.1 Å². The van der Waals surface area contributed by atoms with Crippen LogP contribution in [-0.2, 0) is 4.74 Å². The summed E-state index contributed by atoms with van der Waals surface area (Å²) in [6.45, 7) is 5.38. The van der Waals surface area contributed by atoms with Crippen LogP contribution in [0.5, 0.6) is 11.5 Å². The van der Waals surface area contributed by atoms with Gasteiger partial charge in [0.2, 0.25) is 5.82 Å². The number of hydrogen-bond donors (Lipinski definition) is 2. The molecule has 0 aliphatic rings. The monoisotopic (exact) mass is 422 g/mol. The van der Waals surface area contributed by atoms with Gasteiger partial charge in [-0.1, -0.05) is 0 Å². The first-order chi connectivity index (χ1) is 14.7. The summed E-state index contributed by atoms with van der Waals surface area (Å²) >= 11 is 0. The van der Waals surface area contributed by atoms with E-state index in [0.717, 1.165) is 0 Å². The van der Waals surface area contributed by atoms with Crippen molar-refractivity contribution in [1.82, 2.24) is 4.98 Å². The van der Waals surface area contributed by atoms with Gasteiger partial charge in [-0.15, -0.1) is 0 Å². The lowest BCUT2D eigenvalue weighted by Crippen LogP contribution is -2.27. The first kappa shape index (κ1) is 21.6. The van der Waals surface area contributed by atoms with Crippen LogP contribution in [0.2, 0.25) is 0 Å². The van der Waals surface area contributed by atoms with Crippen LogP contribution < -0.4 is 15.4 Å². The molecular formula is C22H22N4O5. The zero-order valence-corrected chi connectivity index (χ0v) is 17.3. The van der Waals surface area contributed by atoms with Crippen molar-refractivity contribution in [2.24, 2.45) is 0 Å². The number of nitro groups is 1. The van der Waals surface area contributed by atoms with E-state index in [9.17, 15) is 14.9 Å². The molecule has 0 saturated carbocycles. The molecule has 2 N–H and O–H groups in total. The fraction of sp³-hybridized carbons (Fsp3) is 0.182. The van der Waals surface area contributed by atoms with Gasteiger partial charge in [0.1, 0.15) is 17.1 Å². The van der Waals surface area contributed by atoms with Crippen molar-refractivity contribution in [3.63, 3.8) is 0 Å². The number of rotatable bonds is 6. The van der Waals surface area contributed by atoms with Crippen molar-refractivity contribution in [1.29, 1.82) is 0 Å². The summed E-state index contributed by atoms with van der Waals surface area (Å²) in [5.74, 6) is 1.32. The van der Waals surface area contributed by atoms with Crippen molar-refractivity contribution < 1.29 is 19.2 Å². The number of nitrogens with one attached hydrogen (secondary N) is 2. The van der Waals surface area contributed by atoms with E-state index in [1.165, 1.54) is 18.3 Å². The summed E-state index contributed by atoms with van der Waals surface area (Å²) in [5.41, 5.74) is 0.530. The molecule has 3 aromatic rings. The fourth-order valence-electron chi connectivity index (χ4n) is 2.55. The molecule has 160 valence electrons. The number of amides is 1. The predicted molar refractivity (Wildman–Crippen MR) is 117 cm³/mol. The van der Waals surface area contributed by atoms with E-state index in [1.54, 1.807) is 69.3 Å². The van der Waals surface area contributed by atoms with Crippen LogP contribution in [0.25, 0.3) is 0 Å². The van der Waals surface area contributed by atoms with E-state index in [2.05, 4.69) is 15.6 Å². The lowest BCUT2D eigenvalue weighted by molar-refractivity contribution is -0.384. The second kappa shape index (κ2) is 9.12. The van der Waals surface area contributed by atoms with Crippen molar-refractivity contribution in [3.8, 4) is 11.5 Å². The molecule has 1 aromatic heterocycles. The molecule has 0 aliphatic carbocycles. The molecule has 0 aliphatic heterocycles. The molecule has 31 heavy (non-hydrogen) atoms. The predicted octanol–water partition coefficient (Wildman–Crippen LogP) is 5.87. The van der Waals surface area contributed by atoms with Crippen molar-refractivity contribution in [2.45, 2.75) is 26.4 Å². The molecule has 9 nitrogen and oxygen atoms in total. The number of carbonyl (C=O) groups excluding carboxylic acids is 1. The zero-order chi connectivity index (χ0) is 22.4. The smallest absolute Gasteiger partial charge is 0.412 e. The van der Waals surface area contributed by atoms with Gasteiger partial charge in [0.25, 0.3) is 0 Å². The maximum absolute atomic E-state index is 11.8. The van der Waals surface area contributed by atoms with Crippen molar-refractivity contribution in [3.05, 3.63) is 77.0 Å². The van der Waals surface area contributed by atoms with Gasteiger partial charge in [0, 0.05) is 23.6 Å². The Morgan fingerprint density at radius 1 is 0.968 bits per heavy atom. The Hall–Kier alpha value is -4.14. The number of carbonyl (C=O) groups is 1. The maximum Gasteiger partial charge on any atom is 0.412 e. The molecule has 1 amide bonds. The zero-order valence-electron chi connectivity index (χ0n) is 17.3. The van der Waals surface area contributed by atoms with E-state index in [0.29, 0.717) is 22.9 Å². The normalized spacial score (nSPS) is 10.8. The Morgan fingerprint density at radius 2 is 1.55 bits per heavy atom. The van der Waals surface area contributed by atoms with E-state index in [1.807, 2.05) is 0 Å². The van der Waals surface area contributed by atoms with Crippen molar-refractivity contribution in [2.75, 3.05) is 10.6 Å². The second-order valence-electron chi connectivity index (χ2n) is 7.53. The molecule has 0 fully saturated rings. The quantitative estimate of drug-likeness (QED) is 0.377. The molecule has 9 heteroatoms. The van der Waals surface area contributed by atoms with E-state index in [-0.39, 0.29) is 11.5 Å². The Balaban J connectivity index is 1.60. The van der Waals surface area contributed by atoms with Crippen LogP contribution in [0.3, 0.4) is 0 Å². The van der Waals surface area contributed by atoms with E-state index < -0.39 is 16.6 Å². The lowest BCUT2D eigenvalue weighted by atomic mass is 10.2. The summed E-state index contributed by atoms with van der Waals surface area (Å²) in [6, 6.07) is 16.6. The molecule has 2 aromatic carbocycles. The molecule has 0 unspecified atom stereocenters. The van der Waals surface area contributed by atoms with Crippen LogP contribution in [0.1, 0.15) is 20.8 Å². The minimum absolute atomic E-state index is 0.108. The molecule has 0 bridgehead atoms. The average molecular weight is 422 g/mol. The number of hydrogen-bond acceptors (Lipinski definition) is 7. The van der Waals surface area contributed by atoms with Crippen LogP contribution in [-0.4, -0.2) is 21.6 Å². The molecule has 0 spiro atoms. The summed E-state index contributed by atoms with van der Waals surface area (Å²) in [4.78, 5) is 26.4. The molecule has 0 saturated heterocycles. The Kier molecular flexibility index (Phi) is 6.35. The van der Waals surface area contributed by atoms with E-state index in [4.69, 9.17) is 9.47 Å². The summed E-state index contributed by atoms with van der Waals surface area (Å²) in [6.07, 6.45) is 0.950. The maximum atomic E-state index is 11.8. The third kappa shape index (κ3) is 6.43. The van der Waals surface area contributed by atoms with Crippen LogP contribution in [0.15, 0.2) is 66.9 Å². The van der Waals surface area contributed by atoms with Gasteiger partial charge >= 0.3 is 11.8 Å². The lowest BCUT2D eigenvalue weighted by Gasteiger charge is -2.19. The first-order valence-electron chi connectivity index (χ1n) is 9.44. The second-order valence-corrected chi connectivity index (χ2v) is 7.53. The first-order valence-corrected chi connectivity index (χ1v) is 9.44. The molecule has 1 heterocycles. The van der Waals surface area contributed by atoms with Crippen LogP contribution >= 0.6 is 0 Å². The Bertz CT molecular complexity index is 1060. The standard InChI is InChI=1S/C22H22N4O5/c1-22(2,3)31-21(27)25-16-8-12-18(13-9-16)30-17-10-6-15(7-11-17)24-20-19(26(28)29)5-4-14-23-20/h4-14H,1-3H3,(H,23,24)(H,25,27). The number of anilines is 3. The van der Waals surface area contributed by atoms with Gasteiger partial charge < -0.3 is 14.8 Å². The van der Waals surface area contributed by atoms with E-state index >= 15 is 0 Å². The van der Waals surface area contributed by atoms with Gasteiger partial charge in [0.15, 0.2) is 0 Å². The average Bonchev–Trinajstić information content (AvgIpc) is 2.70. The van der Waals surface area contributed by atoms with Gasteiger partial charge in [-0.2, -0.15) is 0 Å². The van der Waals surface area contributed by atoms with Gasteiger partial charge in [-0.25, -0.2) is 9.78 Å². The number of nitrogens with zero attached hydrogens (tertiary/aromatic N) is 2. The highest BCUT2D eigenvalue weighted by atomic mass is 16.6. The molecule has 0 radical (unpaired) electrons. The van der Waals surface area contributed by atoms with Crippen molar-refractivity contribution >= 4 is 29.0 Å². The third-order valence-electron chi connectivity index (χ3n) is 3.84. The highest BCUT2D eigenvalue weighted by Gasteiger charge is 2.16. The number of pyridine rings is 1. The topological polar surface area (TPSA) is 116 Å². The Labute approximate surface area is 179 Å². The minimum atomic E-state index is -0.574. The number of benzene rings is 2. The summed E-state index contributed by atoms with van der Waals surface area (Å²) in [5, 5.41) is 16.7.